The van der Waals surface area contributed by atoms with Crippen molar-refractivity contribution in [2.75, 3.05) is 0 Å². The van der Waals surface area contributed by atoms with Crippen LogP contribution < -0.4 is 0 Å². The molecule has 1 aliphatic rings. The van der Waals surface area contributed by atoms with Crippen molar-refractivity contribution in [1.82, 2.24) is 0 Å². The molecular weight excluding hydrogens is 347 g/mol. The van der Waals surface area contributed by atoms with E-state index in [4.69, 9.17) is 4.74 Å². The highest BCUT2D eigenvalue weighted by molar-refractivity contribution is 14.1. The molecule has 0 spiro atoms. The third-order valence-electron chi connectivity index (χ3n) is 4.34. The van der Waals surface area contributed by atoms with E-state index in [0.29, 0.717) is 6.10 Å². The molecule has 1 aromatic rings. The predicted octanol–water partition coefficient (Wildman–Crippen LogP) is 5.27. The highest BCUT2D eigenvalue weighted by Crippen LogP contribution is 2.35. The van der Waals surface area contributed by atoms with Gasteiger partial charge in [0.2, 0.25) is 0 Å². The largest absolute Gasteiger partial charge is 0.373 e. The van der Waals surface area contributed by atoms with Gasteiger partial charge in [0, 0.05) is 3.57 Å². The molecule has 0 aliphatic heterocycles. The first kappa shape index (κ1) is 15.3. The molecule has 0 bridgehead atoms. The van der Waals surface area contributed by atoms with Crippen molar-refractivity contribution in [3.05, 3.63) is 33.4 Å². The lowest BCUT2D eigenvalue weighted by molar-refractivity contribution is -0.0472. The van der Waals surface area contributed by atoms with Crippen molar-refractivity contribution in [2.24, 2.45) is 17.8 Å². The van der Waals surface area contributed by atoms with Gasteiger partial charge in [-0.25, -0.2) is 0 Å². The molecule has 1 fully saturated rings. The Morgan fingerprint density at radius 2 is 1.89 bits per heavy atom. The maximum absolute atomic E-state index is 6.25. The monoisotopic (exact) mass is 372 g/mol. The van der Waals surface area contributed by atoms with Gasteiger partial charge in [-0.05, 0) is 70.9 Å². The molecule has 0 radical (unpaired) electrons. The fourth-order valence-corrected chi connectivity index (χ4v) is 3.45. The van der Waals surface area contributed by atoms with Gasteiger partial charge in [0.15, 0.2) is 0 Å². The van der Waals surface area contributed by atoms with Gasteiger partial charge in [-0.2, -0.15) is 0 Å². The lowest BCUT2D eigenvalue weighted by atomic mass is 9.75. The minimum absolute atomic E-state index is 0.447. The lowest BCUT2D eigenvalue weighted by Crippen LogP contribution is -2.34. The number of benzene rings is 1. The summed E-state index contributed by atoms with van der Waals surface area (Å²) in [6.45, 7) is 7.79. The molecule has 1 saturated carbocycles. The van der Waals surface area contributed by atoms with Crippen molar-refractivity contribution >= 4 is 22.6 Å². The second kappa shape index (κ2) is 7.07. The summed E-state index contributed by atoms with van der Waals surface area (Å²) < 4.78 is 7.54. The van der Waals surface area contributed by atoms with Gasteiger partial charge in [-0.1, -0.05) is 39.3 Å². The Morgan fingerprint density at radius 1 is 1.21 bits per heavy atom. The molecule has 0 saturated heterocycles. The second-order valence-electron chi connectivity index (χ2n) is 6.30. The summed E-state index contributed by atoms with van der Waals surface area (Å²) in [6.07, 6.45) is 4.37. The third-order valence-corrected chi connectivity index (χ3v) is 5.06. The van der Waals surface area contributed by atoms with E-state index in [9.17, 15) is 0 Å². The molecule has 106 valence electrons. The van der Waals surface area contributed by atoms with E-state index >= 15 is 0 Å². The minimum atomic E-state index is 0.447. The van der Waals surface area contributed by atoms with E-state index < -0.39 is 0 Å². The van der Waals surface area contributed by atoms with Gasteiger partial charge in [-0.15, -0.1) is 0 Å². The van der Waals surface area contributed by atoms with E-state index in [1.165, 1.54) is 28.4 Å². The highest BCUT2D eigenvalue weighted by Gasteiger charge is 2.31. The van der Waals surface area contributed by atoms with Gasteiger partial charge in [0.1, 0.15) is 0 Å². The van der Waals surface area contributed by atoms with Crippen LogP contribution in [0, 0.1) is 21.3 Å². The van der Waals surface area contributed by atoms with Crippen LogP contribution in [0.3, 0.4) is 0 Å². The standard InChI is InChI=1S/C17H25IO/c1-12(2)16-9-4-13(3)10-17(16)19-11-14-5-7-15(18)8-6-14/h5-8,12-13,16-17H,4,9-11H2,1-3H3. The summed E-state index contributed by atoms with van der Waals surface area (Å²) in [4.78, 5) is 0. The van der Waals surface area contributed by atoms with Gasteiger partial charge < -0.3 is 4.74 Å². The van der Waals surface area contributed by atoms with Crippen LogP contribution in [0.5, 0.6) is 0 Å². The quantitative estimate of drug-likeness (QED) is 0.655. The maximum Gasteiger partial charge on any atom is 0.0720 e. The van der Waals surface area contributed by atoms with Crippen LogP contribution in [0.1, 0.15) is 45.6 Å². The molecule has 3 atom stereocenters. The van der Waals surface area contributed by atoms with Crippen LogP contribution in [0.4, 0.5) is 0 Å². The van der Waals surface area contributed by atoms with E-state index in [1.54, 1.807) is 0 Å². The summed E-state index contributed by atoms with van der Waals surface area (Å²) in [5, 5.41) is 0. The SMILES string of the molecule is CC1CCC(C(C)C)C(OCc2ccc(I)cc2)C1. The molecule has 1 aromatic carbocycles. The molecule has 3 unspecified atom stereocenters. The van der Waals surface area contributed by atoms with Crippen LogP contribution in [-0.2, 0) is 11.3 Å². The fourth-order valence-electron chi connectivity index (χ4n) is 3.09. The molecule has 2 heteroatoms. The Kier molecular flexibility index (Phi) is 5.70. The molecule has 0 amide bonds. The van der Waals surface area contributed by atoms with Crippen molar-refractivity contribution < 1.29 is 4.74 Å². The van der Waals surface area contributed by atoms with E-state index in [-0.39, 0.29) is 0 Å². The van der Waals surface area contributed by atoms with Gasteiger partial charge in [-0.3, -0.25) is 0 Å². The first-order chi connectivity index (χ1) is 9.06. The van der Waals surface area contributed by atoms with Gasteiger partial charge in [0.05, 0.1) is 12.7 Å². The first-order valence-electron chi connectivity index (χ1n) is 7.42. The number of rotatable bonds is 4. The topological polar surface area (TPSA) is 9.23 Å². The van der Waals surface area contributed by atoms with E-state index in [1.807, 2.05) is 0 Å². The molecule has 2 rings (SSSR count). The van der Waals surface area contributed by atoms with E-state index in [0.717, 1.165) is 24.4 Å². The minimum Gasteiger partial charge on any atom is -0.373 e. The average Bonchev–Trinajstić information content (AvgIpc) is 2.38. The Balaban J connectivity index is 1.93. The maximum atomic E-state index is 6.25. The number of hydrogen-bond donors (Lipinski definition) is 0. The summed E-state index contributed by atoms with van der Waals surface area (Å²) >= 11 is 2.34. The van der Waals surface area contributed by atoms with Crippen molar-refractivity contribution in [3.8, 4) is 0 Å². The predicted molar refractivity (Wildman–Crippen MR) is 89.1 cm³/mol. The number of hydrogen-bond acceptors (Lipinski definition) is 1. The Hall–Kier alpha value is -0.0900. The normalized spacial score (nSPS) is 27.7. The van der Waals surface area contributed by atoms with Gasteiger partial charge >= 0.3 is 0 Å². The second-order valence-corrected chi connectivity index (χ2v) is 7.55. The zero-order valence-corrected chi connectivity index (χ0v) is 14.4. The zero-order chi connectivity index (χ0) is 13.8. The first-order valence-corrected chi connectivity index (χ1v) is 8.50. The Labute approximate surface area is 131 Å². The third kappa shape index (κ3) is 4.45. The molecule has 19 heavy (non-hydrogen) atoms. The summed E-state index contributed by atoms with van der Waals surface area (Å²) in [5.41, 5.74) is 1.29. The van der Waals surface area contributed by atoms with Crippen molar-refractivity contribution in [1.29, 1.82) is 0 Å². The van der Waals surface area contributed by atoms with Crippen LogP contribution in [0.25, 0.3) is 0 Å². The molecule has 0 N–H and O–H groups in total. The highest BCUT2D eigenvalue weighted by atomic mass is 127. The smallest absolute Gasteiger partial charge is 0.0720 e. The number of halogens is 1. The molecule has 1 nitrogen and oxygen atoms in total. The lowest BCUT2D eigenvalue weighted by Gasteiger charge is -2.37. The van der Waals surface area contributed by atoms with Crippen LogP contribution in [0.15, 0.2) is 24.3 Å². The van der Waals surface area contributed by atoms with E-state index in [2.05, 4.69) is 67.6 Å². The number of ether oxygens (including phenoxy) is 1. The van der Waals surface area contributed by atoms with Gasteiger partial charge in [0.25, 0.3) is 0 Å². The Bertz CT molecular complexity index is 385. The van der Waals surface area contributed by atoms with Crippen LogP contribution >= 0.6 is 22.6 Å². The average molecular weight is 372 g/mol. The molecule has 0 aromatic heterocycles. The summed E-state index contributed by atoms with van der Waals surface area (Å²) in [6, 6.07) is 8.67. The van der Waals surface area contributed by atoms with Crippen molar-refractivity contribution in [3.63, 3.8) is 0 Å². The fraction of sp³-hybridized carbons (Fsp3) is 0.647. The summed E-state index contributed by atoms with van der Waals surface area (Å²) in [5.74, 6) is 2.28. The molecule has 0 heterocycles. The molecule has 1 aliphatic carbocycles. The Morgan fingerprint density at radius 3 is 2.53 bits per heavy atom. The van der Waals surface area contributed by atoms with Crippen LogP contribution in [-0.4, -0.2) is 6.10 Å². The van der Waals surface area contributed by atoms with Crippen LogP contribution in [0.2, 0.25) is 0 Å². The van der Waals surface area contributed by atoms with Crippen molar-refractivity contribution in [2.45, 2.75) is 52.7 Å². The summed E-state index contributed by atoms with van der Waals surface area (Å²) in [7, 11) is 0. The zero-order valence-electron chi connectivity index (χ0n) is 12.2. The molecular formula is C17H25IO.